The summed E-state index contributed by atoms with van der Waals surface area (Å²) in [6, 6.07) is 11.3. The first kappa shape index (κ1) is 16.7. The van der Waals surface area contributed by atoms with Crippen LogP contribution in [0.1, 0.15) is 23.1 Å². The average molecular weight is 377 g/mol. The third-order valence-corrected chi connectivity index (χ3v) is 5.31. The number of benzene rings is 2. The van der Waals surface area contributed by atoms with Gasteiger partial charge < -0.3 is 19.0 Å². The highest BCUT2D eigenvalue weighted by Gasteiger charge is 2.30. The van der Waals surface area contributed by atoms with E-state index in [2.05, 4.69) is 10.1 Å². The quantitative estimate of drug-likeness (QED) is 0.590. The normalized spacial score (nSPS) is 15.6. The van der Waals surface area contributed by atoms with E-state index in [0.29, 0.717) is 12.4 Å². The van der Waals surface area contributed by atoms with Crippen molar-refractivity contribution in [3.8, 4) is 22.6 Å². The zero-order valence-corrected chi connectivity index (χ0v) is 15.8. The van der Waals surface area contributed by atoms with Crippen LogP contribution in [-0.2, 0) is 0 Å². The molecule has 0 saturated heterocycles. The number of methoxy groups -OCH3 is 1. The third-order valence-electron chi connectivity index (χ3n) is 5.31. The van der Waals surface area contributed by atoms with Crippen LogP contribution in [0, 0.1) is 13.8 Å². The fourth-order valence-corrected chi connectivity index (χ4v) is 4.03. The van der Waals surface area contributed by atoms with Crippen LogP contribution in [0.15, 0.2) is 45.7 Å². The number of rotatable bonds is 3. The number of aromatic amines is 1. The van der Waals surface area contributed by atoms with Crippen molar-refractivity contribution in [2.24, 2.45) is 0 Å². The smallest absolute Gasteiger partial charge is 0.327 e. The van der Waals surface area contributed by atoms with Crippen LogP contribution in [-0.4, -0.2) is 28.4 Å². The van der Waals surface area contributed by atoms with Gasteiger partial charge in [0.15, 0.2) is 5.75 Å². The Bertz CT molecular complexity index is 1250. The van der Waals surface area contributed by atoms with Gasteiger partial charge in [0, 0.05) is 5.56 Å². The van der Waals surface area contributed by atoms with Crippen LogP contribution in [0.4, 0.5) is 0 Å². The van der Waals surface area contributed by atoms with E-state index in [9.17, 15) is 4.79 Å². The number of hydrogen-bond donors (Lipinski definition) is 1. The number of hydrogen-bond acceptors (Lipinski definition) is 5. The van der Waals surface area contributed by atoms with E-state index in [4.69, 9.17) is 14.0 Å². The van der Waals surface area contributed by atoms with Gasteiger partial charge in [-0.1, -0.05) is 17.3 Å². The summed E-state index contributed by atoms with van der Waals surface area (Å²) >= 11 is 0. The second kappa shape index (κ2) is 6.02. The van der Waals surface area contributed by atoms with Gasteiger partial charge in [-0.2, -0.15) is 0 Å². The molecule has 1 aliphatic rings. The fourth-order valence-electron chi connectivity index (χ4n) is 4.03. The van der Waals surface area contributed by atoms with Crippen molar-refractivity contribution in [2.45, 2.75) is 19.9 Å². The van der Waals surface area contributed by atoms with Gasteiger partial charge in [0.1, 0.15) is 23.6 Å². The number of ether oxygens (including phenoxy) is 2. The highest BCUT2D eigenvalue weighted by molar-refractivity contribution is 5.92. The molecule has 4 aromatic rings. The molecule has 0 fully saturated rings. The summed E-state index contributed by atoms with van der Waals surface area (Å²) < 4.78 is 18.7. The molecule has 1 atom stereocenters. The number of nitrogens with zero attached hydrogens (tertiary/aromatic N) is 2. The van der Waals surface area contributed by atoms with Crippen molar-refractivity contribution >= 4 is 11.0 Å². The van der Waals surface area contributed by atoms with Gasteiger partial charge in [-0.05, 0) is 43.7 Å². The Kier molecular flexibility index (Phi) is 3.58. The summed E-state index contributed by atoms with van der Waals surface area (Å²) in [7, 11) is 1.63. The van der Waals surface area contributed by atoms with Gasteiger partial charge in [0.2, 0.25) is 0 Å². The zero-order chi connectivity index (χ0) is 19.4. The van der Waals surface area contributed by atoms with E-state index in [1.165, 1.54) is 0 Å². The molecule has 1 N–H and O–H groups in total. The monoisotopic (exact) mass is 377 g/mol. The standard InChI is InChI=1S/C21H19N3O4/c1-11-18(12(2)28-23-11)15-7-8-16-19-20(15)27-10-17(24(19)21(25)22-16)13-5-4-6-14(9-13)26-3/h4-9,17H,10H2,1-3H3,(H,22,25). The van der Waals surface area contributed by atoms with Crippen molar-refractivity contribution in [3.05, 3.63) is 63.9 Å². The molecule has 1 unspecified atom stereocenters. The molecule has 3 heterocycles. The Balaban J connectivity index is 1.76. The maximum Gasteiger partial charge on any atom is 0.327 e. The van der Waals surface area contributed by atoms with Gasteiger partial charge in [-0.25, -0.2) is 4.79 Å². The molecular weight excluding hydrogens is 358 g/mol. The van der Waals surface area contributed by atoms with Gasteiger partial charge in [0.25, 0.3) is 0 Å². The summed E-state index contributed by atoms with van der Waals surface area (Å²) in [4.78, 5) is 15.8. The van der Waals surface area contributed by atoms with Crippen LogP contribution in [0.2, 0.25) is 0 Å². The second-order valence-corrected chi connectivity index (χ2v) is 6.94. The van der Waals surface area contributed by atoms with E-state index in [0.717, 1.165) is 44.9 Å². The summed E-state index contributed by atoms with van der Waals surface area (Å²) in [5, 5.41) is 4.05. The predicted octanol–water partition coefficient (Wildman–Crippen LogP) is 3.59. The highest BCUT2D eigenvalue weighted by Crippen LogP contribution is 2.43. The number of aryl methyl sites for hydroxylation is 2. The lowest BCUT2D eigenvalue weighted by Gasteiger charge is -2.27. The first-order valence-electron chi connectivity index (χ1n) is 9.05. The molecule has 7 heteroatoms. The molecule has 7 nitrogen and oxygen atoms in total. The van der Waals surface area contributed by atoms with E-state index in [1.54, 1.807) is 11.7 Å². The molecule has 5 rings (SSSR count). The number of aromatic nitrogens is 3. The zero-order valence-electron chi connectivity index (χ0n) is 15.8. The maximum absolute atomic E-state index is 12.8. The van der Waals surface area contributed by atoms with Gasteiger partial charge in [0.05, 0.1) is 29.9 Å². The Morgan fingerprint density at radius 1 is 1.25 bits per heavy atom. The molecular formula is C21H19N3O4. The summed E-state index contributed by atoms with van der Waals surface area (Å²) in [6.07, 6.45) is 0. The fraction of sp³-hybridized carbons (Fsp3) is 0.238. The summed E-state index contributed by atoms with van der Waals surface area (Å²) in [6.45, 7) is 4.11. The maximum atomic E-state index is 12.8. The highest BCUT2D eigenvalue weighted by atomic mass is 16.5. The molecule has 2 aromatic carbocycles. The second-order valence-electron chi connectivity index (χ2n) is 6.94. The third kappa shape index (κ3) is 2.29. The predicted molar refractivity (Wildman–Crippen MR) is 104 cm³/mol. The van der Waals surface area contributed by atoms with Crippen LogP contribution < -0.4 is 15.2 Å². The molecule has 0 amide bonds. The Hall–Kier alpha value is -3.48. The summed E-state index contributed by atoms with van der Waals surface area (Å²) in [5.74, 6) is 2.13. The Morgan fingerprint density at radius 3 is 2.86 bits per heavy atom. The molecule has 0 saturated carbocycles. The van der Waals surface area contributed by atoms with Crippen molar-refractivity contribution in [3.63, 3.8) is 0 Å². The number of imidazole rings is 1. The lowest BCUT2D eigenvalue weighted by atomic mass is 10.00. The number of nitrogens with one attached hydrogen (secondary N) is 1. The van der Waals surface area contributed by atoms with Crippen molar-refractivity contribution in [1.29, 1.82) is 0 Å². The lowest BCUT2D eigenvalue weighted by molar-refractivity contribution is 0.257. The van der Waals surface area contributed by atoms with E-state index in [-0.39, 0.29) is 11.7 Å². The Labute approximate surface area is 160 Å². The molecule has 1 aliphatic heterocycles. The van der Waals surface area contributed by atoms with Gasteiger partial charge in [-0.15, -0.1) is 0 Å². The van der Waals surface area contributed by atoms with Crippen LogP contribution >= 0.6 is 0 Å². The molecule has 28 heavy (non-hydrogen) atoms. The van der Waals surface area contributed by atoms with Crippen LogP contribution in [0.25, 0.3) is 22.2 Å². The minimum absolute atomic E-state index is 0.164. The molecule has 0 radical (unpaired) electrons. The molecule has 2 aromatic heterocycles. The van der Waals surface area contributed by atoms with Crippen LogP contribution in [0.5, 0.6) is 11.5 Å². The first-order valence-corrected chi connectivity index (χ1v) is 9.05. The minimum Gasteiger partial charge on any atom is -0.497 e. The van der Waals surface area contributed by atoms with Crippen molar-refractivity contribution in [1.82, 2.24) is 14.7 Å². The first-order chi connectivity index (χ1) is 13.6. The molecule has 142 valence electrons. The Morgan fingerprint density at radius 2 is 2.11 bits per heavy atom. The van der Waals surface area contributed by atoms with Gasteiger partial charge >= 0.3 is 5.69 Å². The molecule has 0 spiro atoms. The summed E-state index contributed by atoms with van der Waals surface area (Å²) in [5.41, 5.74) is 4.84. The van der Waals surface area contributed by atoms with Crippen molar-refractivity contribution < 1.29 is 14.0 Å². The van der Waals surface area contributed by atoms with Gasteiger partial charge in [-0.3, -0.25) is 4.57 Å². The van der Waals surface area contributed by atoms with E-state index < -0.39 is 0 Å². The topological polar surface area (TPSA) is 82.3 Å². The number of H-pyrrole nitrogens is 1. The SMILES string of the molecule is COc1cccc(C2COc3c(-c4c(C)noc4C)ccc4[nH]c(=O)n2c34)c1. The van der Waals surface area contributed by atoms with Crippen LogP contribution in [0.3, 0.4) is 0 Å². The lowest BCUT2D eigenvalue weighted by Crippen LogP contribution is -2.30. The largest absolute Gasteiger partial charge is 0.497 e. The molecule has 0 bridgehead atoms. The van der Waals surface area contributed by atoms with E-state index >= 15 is 0 Å². The van der Waals surface area contributed by atoms with Crippen molar-refractivity contribution in [2.75, 3.05) is 13.7 Å². The van der Waals surface area contributed by atoms with E-state index in [1.807, 2.05) is 50.2 Å². The average Bonchev–Trinajstić information content (AvgIpc) is 3.23. The molecule has 0 aliphatic carbocycles. The minimum atomic E-state index is -0.247.